The predicted molar refractivity (Wildman–Crippen MR) is 97.4 cm³/mol. The molecule has 1 aromatic rings. The summed E-state index contributed by atoms with van der Waals surface area (Å²) in [5.74, 6) is 1.96. The number of nitrogens with zero attached hydrogens (tertiary/aromatic N) is 1. The zero-order valence-electron chi connectivity index (χ0n) is 12.8. The number of nitrogens with two attached hydrogens (primary N) is 1. The molecular weight excluding hydrogens is 397 g/mol. The minimum atomic E-state index is -0.108. The van der Waals surface area contributed by atoms with Gasteiger partial charge in [0.2, 0.25) is 0 Å². The molecule has 0 amide bonds. The second kappa shape index (κ2) is 10.5. The summed E-state index contributed by atoms with van der Waals surface area (Å²) in [6.45, 7) is 5.15. The SMILES string of the molecule is CCOCCCNC(N)=NCC1COc2ccccc2O1.I. The topological polar surface area (TPSA) is 78.1 Å². The van der Waals surface area contributed by atoms with Crippen LogP contribution < -0.4 is 20.5 Å². The maximum atomic E-state index is 5.80. The van der Waals surface area contributed by atoms with E-state index < -0.39 is 0 Å². The van der Waals surface area contributed by atoms with Gasteiger partial charge in [-0.1, -0.05) is 12.1 Å². The quantitative estimate of drug-likeness (QED) is 0.304. The normalized spacial score (nSPS) is 16.8. The Hall–Kier alpha value is -1.22. The van der Waals surface area contributed by atoms with Gasteiger partial charge in [0.05, 0.1) is 6.54 Å². The highest BCUT2D eigenvalue weighted by Crippen LogP contribution is 2.30. The molecule has 7 heteroatoms. The maximum absolute atomic E-state index is 5.80. The molecule has 0 saturated heterocycles. The van der Waals surface area contributed by atoms with E-state index in [1.54, 1.807) is 0 Å². The number of nitrogens with one attached hydrogen (secondary N) is 1. The molecule has 22 heavy (non-hydrogen) atoms. The van der Waals surface area contributed by atoms with E-state index in [4.69, 9.17) is 19.9 Å². The molecule has 0 saturated carbocycles. The fourth-order valence-electron chi connectivity index (χ4n) is 1.94. The lowest BCUT2D eigenvalue weighted by Gasteiger charge is -2.25. The van der Waals surface area contributed by atoms with Crippen LogP contribution in [0.25, 0.3) is 0 Å². The van der Waals surface area contributed by atoms with Crippen molar-refractivity contribution < 1.29 is 14.2 Å². The Kier molecular flexibility index (Phi) is 8.98. The van der Waals surface area contributed by atoms with E-state index >= 15 is 0 Å². The predicted octanol–water partition coefficient (Wildman–Crippen LogP) is 1.78. The van der Waals surface area contributed by atoms with Crippen LogP contribution in [0.5, 0.6) is 11.5 Å². The highest BCUT2D eigenvalue weighted by molar-refractivity contribution is 14.0. The van der Waals surface area contributed by atoms with Gasteiger partial charge >= 0.3 is 0 Å². The molecular formula is C15H24IN3O3. The third-order valence-corrected chi connectivity index (χ3v) is 3.01. The monoisotopic (exact) mass is 421 g/mol. The van der Waals surface area contributed by atoms with E-state index in [1.165, 1.54) is 0 Å². The maximum Gasteiger partial charge on any atom is 0.188 e. The van der Waals surface area contributed by atoms with E-state index in [1.807, 2.05) is 31.2 Å². The zero-order valence-corrected chi connectivity index (χ0v) is 15.1. The van der Waals surface area contributed by atoms with Crippen LogP contribution in [-0.4, -0.2) is 45.0 Å². The first-order valence-electron chi connectivity index (χ1n) is 7.29. The van der Waals surface area contributed by atoms with Crippen molar-refractivity contribution in [3.8, 4) is 11.5 Å². The standard InChI is InChI=1S/C15H23N3O3.HI/c1-2-19-9-5-8-17-15(16)18-10-12-11-20-13-6-3-4-7-14(13)21-12;/h3-4,6-7,12H,2,5,8-11H2,1H3,(H3,16,17,18);1H. The number of aliphatic imine (C=N–C) groups is 1. The van der Waals surface area contributed by atoms with E-state index in [9.17, 15) is 0 Å². The molecule has 0 bridgehead atoms. The molecule has 0 radical (unpaired) electrons. The Labute approximate surface area is 148 Å². The van der Waals surface area contributed by atoms with Gasteiger partial charge < -0.3 is 25.3 Å². The first-order chi connectivity index (χ1) is 10.3. The molecule has 0 aliphatic carbocycles. The van der Waals surface area contributed by atoms with Gasteiger partial charge in [-0.05, 0) is 25.5 Å². The van der Waals surface area contributed by atoms with E-state index in [0.29, 0.717) is 19.1 Å². The second-order valence-corrected chi connectivity index (χ2v) is 4.70. The summed E-state index contributed by atoms with van der Waals surface area (Å²) < 4.78 is 16.7. The highest BCUT2D eigenvalue weighted by Gasteiger charge is 2.19. The fourth-order valence-corrected chi connectivity index (χ4v) is 1.94. The summed E-state index contributed by atoms with van der Waals surface area (Å²) in [5, 5.41) is 3.05. The Bertz CT molecular complexity index is 471. The Morgan fingerprint density at radius 1 is 1.41 bits per heavy atom. The van der Waals surface area contributed by atoms with Crippen molar-refractivity contribution in [3.05, 3.63) is 24.3 Å². The molecule has 0 spiro atoms. The molecule has 6 nitrogen and oxygen atoms in total. The smallest absolute Gasteiger partial charge is 0.188 e. The fraction of sp³-hybridized carbons (Fsp3) is 0.533. The summed E-state index contributed by atoms with van der Waals surface area (Å²) in [6, 6.07) is 7.62. The number of para-hydroxylation sites is 2. The number of fused-ring (bicyclic) bond motifs is 1. The zero-order chi connectivity index (χ0) is 14.9. The lowest BCUT2D eigenvalue weighted by Crippen LogP contribution is -2.36. The molecule has 124 valence electrons. The Morgan fingerprint density at radius 3 is 2.95 bits per heavy atom. The molecule has 1 heterocycles. The van der Waals surface area contributed by atoms with Crippen LogP contribution in [0.4, 0.5) is 0 Å². The molecule has 3 N–H and O–H groups in total. The summed E-state index contributed by atoms with van der Waals surface area (Å²) in [5.41, 5.74) is 5.80. The van der Waals surface area contributed by atoms with E-state index in [0.717, 1.165) is 37.7 Å². The number of halogens is 1. The number of benzene rings is 1. The van der Waals surface area contributed by atoms with Crippen molar-refractivity contribution in [2.24, 2.45) is 10.7 Å². The number of hydrogen-bond donors (Lipinski definition) is 2. The van der Waals surface area contributed by atoms with Gasteiger partial charge in [-0.25, -0.2) is 4.99 Å². The Balaban J connectivity index is 0.00000242. The minimum Gasteiger partial charge on any atom is -0.486 e. The molecule has 0 aromatic heterocycles. The number of ether oxygens (including phenoxy) is 3. The van der Waals surface area contributed by atoms with Gasteiger partial charge in [0, 0.05) is 19.8 Å². The first-order valence-corrected chi connectivity index (χ1v) is 7.29. The van der Waals surface area contributed by atoms with E-state index in [-0.39, 0.29) is 30.1 Å². The molecule has 1 atom stereocenters. The number of guanidine groups is 1. The molecule has 1 aliphatic rings. The van der Waals surface area contributed by atoms with Crippen LogP contribution in [-0.2, 0) is 4.74 Å². The number of rotatable bonds is 7. The summed E-state index contributed by atoms with van der Waals surface area (Å²) in [6.07, 6.45) is 0.796. The van der Waals surface area contributed by atoms with Crippen LogP contribution in [0.2, 0.25) is 0 Å². The van der Waals surface area contributed by atoms with Crippen molar-refractivity contribution in [1.29, 1.82) is 0 Å². The van der Waals surface area contributed by atoms with Crippen LogP contribution in [0.1, 0.15) is 13.3 Å². The molecule has 1 aliphatic heterocycles. The van der Waals surface area contributed by atoms with Gasteiger partial charge in [0.25, 0.3) is 0 Å². The van der Waals surface area contributed by atoms with Gasteiger partial charge in [0.15, 0.2) is 23.6 Å². The molecule has 2 rings (SSSR count). The van der Waals surface area contributed by atoms with E-state index in [2.05, 4.69) is 10.3 Å². The Morgan fingerprint density at radius 2 is 2.18 bits per heavy atom. The third kappa shape index (κ3) is 6.27. The lowest BCUT2D eigenvalue weighted by molar-refractivity contribution is 0.0971. The molecule has 0 fully saturated rings. The minimum absolute atomic E-state index is 0. The average molecular weight is 421 g/mol. The summed E-state index contributed by atoms with van der Waals surface area (Å²) in [7, 11) is 0. The van der Waals surface area contributed by atoms with Gasteiger partial charge in [-0.15, -0.1) is 24.0 Å². The largest absolute Gasteiger partial charge is 0.486 e. The van der Waals surface area contributed by atoms with Crippen LogP contribution in [0.15, 0.2) is 29.3 Å². The summed E-state index contributed by atoms with van der Waals surface area (Å²) in [4.78, 5) is 4.28. The van der Waals surface area contributed by atoms with Crippen LogP contribution in [0.3, 0.4) is 0 Å². The lowest BCUT2D eigenvalue weighted by atomic mass is 10.2. The number of hydrogen-bond acceptors (Lipinski definition) is 4. The first kappa shape index (κ1) is 18.8. The van der Waals surface area contributed by atoms with Crippen LogP contribution >= 0.6 is 24.0 Å². The van der Waals surface area contributed by atoms with Crippen LogP contribution in [0, 0.1) is 0 Å². The van der Waals surface area contributed by atoms with Crippen molar-refractivity contribution in [2.75, 3.05) is 32.9 Å². The van der Waals surface area contributed by atoms with Crippen molar-refractivity contribution >= 4 is 29.9 Å². The summed E-state index contributed by atoms with van der Waals surface area (Å²) >= 11 is 0. The van der Waals surface area contributed by atoms with Crippen molar-refractivity contribution in [3.63, 3.8) is 0 Å². The second-order valence-electron chi connectivity index (χ2n) is 4.70. The molecule has 1 aromatic carbocycles. The van der Waals surface area contributed by atoms with Gasteiger partial charge in [-0.2, -0.15) is 0 Å². The van der Waals surface area contributed by atoms with Gasteiger partial charge in [0.1, 0.15) is 6.61 Å². The third-order valence-electron chi connectivity index (χ3n) is 3.01. The average Bonchev–Trinajstić information content (AvgIpc) is 2.52. The molecule has 1 unspecified atom stereocenters. The van der Waals surface area contributed by atoms with Crippen molar-refractivity contribution in [1.82, 2.24) is 5.32 Å². The van der Waals surface area contributed by atoms with Gasteiger partial charge in [-0.3, -0.25) is 0 Å². The van der Waals surface area contributed by atoms with Crippen molar-refractivity contribution in [2.45, 2.75) is 19.4 Å². The highest BCUT2D eigenvalue weighted by atomic mass is 127.